The van der Waals surface area contributed by atoms with E-state index in [-0.39, 0.29) is 7.92 Å². The van der Waals surface area contributed by atoms with Gasteiger partial charge >= 0.3 is 0 Å². The first kappa shape index (κ1) is 16.4. The van der Waals surface area contributed by atoms with Gasteiger partial charge in [-0.1, -0.05) is 6.07 Å². The van der Waals surface area contributed by atoms with E-state index in [2.05, 4.69) is 24.4 Å². The first-order valence-electron chi connectivity index (χ1n) is 11.9. The van der Waals surface area contributed by atoms with Gasteiger partial charge < -0.3 is 0 Å². The van der Waals surface area contributed by atoms with Gasteiger partial charge in [0.15, 0.2) is 0 Å². The maximum atomic E-state index is 5.12. The first-order valence-corrected chi connectivity index (χ1v) is 13.3. The van der Waals surface area contributed by atoms with Crippen LogP contribution in [0.2, 0.25) is 0 Å². The summed E-state index contributed by atoms with van der Waals surface area (Å²) < 4.78 is 0. The van der Waals surface area contributed by atoms with Crippen molar-refractivity contribution in [1.29, 1.82) is 0 Å². The van der Waals surface area contributed by atoms with Crippen LogP contribution in [0.3, 0.4) is 0 Å². The molecule has 8 aliphatic carbocycles. The minimum absolute atomic E-state index is 0.115. The van der Waals surface area contributed by atoms with Crippen molar-refractivity contribution in [3.8, 4) is 0 Å². The van der Waals surface area contributed by atoms with E-state index >= 15 is 0 Å². The van der Waals surface area contributed by atoms with Gasteiger partial charge in [0, 0.05) is 6.20 Å². The van der Waals surface area contributed by atoms with Gasteiger partial charge in [-0.2, -0.15) is 0 Å². The van der Waals surface area contributed by atoms with E-state index in [1.807, 2.05) is 0 Å². The summed E-state index contributed by atoms with van der Waals surface area (Å²) in [6.45, 7) is 0. The fraction of sp³-hybridized carbons (Fsp3) is 0.800. The molecular formula is C25H34NP. The largest absolute Gasteiger partial charge is 0.257 e. The highest BCUT2D eigenvalue weighted by atomic mass is 31.1. The fourth-order valence-electron chi connectivity index (χ4n) is 10.2. The summed E-state index contributed by atoms with van der Waals surface area (Å²) in [7, 11) is -0.115. The highest BCUT2D eigenvalue weighted by molar-refractivity contribution is 7.68. The lowest BCUT2D eigenvalue weighted by Crippen LogP contribution is -2.58. The average molecular weight is 380 g/mol. The fourth-order valence-corrected chi connectivity index (χ4v) is 15.2. The van der Waals surface area contributed by atoms with Crippen molar-refractivity contribution in [3.05, 3.63) is 24.4 Å². The van der Waals surface area contributed by atoms with Crippen LogP contribution in [0.15, 0.2) is 24.4 Å². The second kappa shape index (κ2) is 5.59. The third-order valence-electron chi connectivity index (χ3n) is 9.84. The Bertz CT molecular complexity index is 625. The molecule has 8 saturated carbocycles. The van der Waals surface area contributed by atoms with E-state index in [4.69, 9.17) is 4.98 Å². The summed E-state index contributed by atoms with van der Waals surface area (Å²) in [5.74, 6) is 6.41. The maximum Gasteiger partial charge on any atom is 0.0641 e. The molecule has 0 unspecified atom stereocenters. The van der Waals surface area contributed by atoms with Crippen LogP contribution in [0.25, 0.3) is 0 Å². The zero-order valence-corrected chi connectivity index (χ0v) is 17.5. The van der Waals surface area contributed by atoms with Crippen LogP contribution in [-0.2, 0) is 0 Å². The molecule has 1 aromatic rings. The Labute approximate surface area is 165 Å². The van der Waals surface area contributed by atoms with Crippen LogP contribution >= 0.6 is 7.92 Å². The highest BCUT2D eigenvalue weighted by Crippen LogP contribution is 2.78. The number of nitrogens with zero attached hydrogens (tertiary/aromatic N) is 1. The molecule has 27 heavy (non-hydrogen) atoms. The summed E-state index contributed by atoms with van der Waals surface area (Å²) in [6, 6.07) is 6.91. The Balaban J connectivity index is 1.37. The summed E-state index contributed by atoms with van der Waals surface area (Å²) in [4.78, 5) is 5.12. The molecule has 0 radical (unpaired) electrons. The van der Waals surface area contributed by atoms with Gasteiger partial charge in [-0.05, 0) is 143 Å². The lowest BCUT2D eigenvalue weighted by Gasteiger charge is -2.67. The van der Waals surface area contributed by atoms with E-state index in [0.29, 0.717) is 10.3 Å². The molecule has 0 atom stereocenters. The molecule has 8 fully saturated rings. The van der Waals surface area contributed by atoms with E-state index in [1.165, 1.54) is 0 Å². The van der Waals surface area contributed by atoms with Gasteiger partial charge in [0.2, 0.25) is 0 Å². The molecule has 2 heteroatoms. The predicted molar refractivity (Wildman–Crippen MR) is 113 cm³/mol. The van der Waals surface area contributed by atoms with Gasteiger partial charge in [0.1, 0.15) is 0 Å². The normalized spacial score (nSPS) is 53.0. The minimum atomic E-state index is -0.115. The molecule has 0 amide bonds. The first-order chi connectivity index (χ1) is 13.2. The number of hydrogen-bond donors (Lipinski definition) is 0. The number of rotatable bonds is 3. The molecule has 0 spiro atoms. The Hall–Kier alpha value is -0.420. The van der Waals surface area contributed by atoms with Gasteiger partial charge in [-0.15, -0.1) is 0 Å². The zero-order chi connectivity index (χ0) is 17.6. The monoisotopic (exact) mass is 379 g/mol. The third-order valence-corrected chi connectivity index (χ3v) is 13.6. The van der Waals surface area contributed by atoms with E-state index in [1.54, 1.807) is 82.5 Å². The van der Waals surface area contributed by atoms with Crippen LogP contribution in [0.5, 0.6) is 0 Å². The standard InChI is InChI=1S/C25H34NP/c1-2-4-26-23(3-1)27(24-11-17-5-18(12-24)7-19(6-17)13-24)25-14-20-8-21(15-25)10-22(9-20)16-25/h1-4,17-22H,5-16H2. The van der Waals surface area contributed by atoms with E-state index < -0.39 is 0 Å². The van der Waals surface area contributed by atoms with Gasteiger partial charge in [0.25, 0.3) is 0 Å². The quantitative estimate of drug-likeness (QED) is 0.576. The SMILES string of the molecule is c1ccc(P(C23CC4CC(CC(C4)C2)C3)C23CC4CC(CC(C4)C2)C3)nc1. The van der Waals surface area contributed by atoms with E-state index in [0.717, 1.165) is 35.5 Å². The molecular weight excluding hydrogens is 345 g/mol. The second-order valence-electron chi connectivity index (χ2n) is 11.8. The van der Waals surface area contributed by atoms with Crippen molar-refractivity contribution in [2.45, 2.75) is 87.4 Å². The smallest absolute Gasteiger partial charge is 0.0641 e. The Morgan fingerprint density at radius 1 is 0.630 bits per heavy atom. The molecule has 0 aromatic carbocycles. The van der Waals surface area contributed by atoms with Crippen LogP contribution in [-0.4, -0.2) is 15.3 Å². The Morgan fingerprint density at radius 2 is 1.04 bits per heavy atom. The minimum Gasteiger partial charge on any atom is -0.257 e. The number of hydrogen-bond acceptors (Lipinski definition) is 1. The van der Waals surface area contributed by atoms with Gasteiger partial charge in [-0.25, -0.2) is 0 Å². The van der Waals surface area contributed by atoms with Crippen molar-refractivity contribution < 1.29 is 0 Å². The molecule has 1 heterocycles. The van der Waals surface area contributed by atoms with Crippen LogP contribution < -0.4 is 5.44 Å². The van der Waals surface area contributed by atoms with Crippen molar-refractivity contribution in [1.82, 2.24) is 4.98 Å². The topological polar surface area (TPSA) is 12.9 Å². The zero-order valence-electron chi connectivity index (χ0n) is 16.7. The molecule has 0 N–H and O–H groups in total. The molecule has 1 nitrogen and oxygen atoms in total. The Morgan fingerprint density at radius 3 is 1.37 bits per heavy atom. The van der Waals surface area contributed by atoms with Gasteiger partial charge in [-0.3, -0.25) is 4.98 Å². The molecule has 1 aromatic heterocycles. The molecule has 0 saturated heterocycles. The second-order valence-corrected chi connectivity index (χ2v) is 14.8. The summed E-state index contributed by atoms with van der Waals surface area (Å²) in [5.41, 5.74) is 1.57. The highest BCUT2D eigenvalue weighted by Gasteiger charge is 2.63. The summed E-state index contributed by atoms with van der Waals surface area (Å²) in [6.07, 6.45) is 21.0. The number of pyridine rings is 1. The maximum absolute atomic E-state index is 5.12. The lowest BCUT2D eigenvalue weighted by atomic mass is 9.55. The van der Waals surface area contributed by atoms with Crippen LogP contribution in [0.1, 0.15) is 77.0 Å². The average Bonchev–Trinajstić information content (AvgIpc) is 2.60. The van der Waals surface area contributed by atoms with Crippen molar-refractivity contribution in [2.24, 2.45) is 35.5 Å². The van der Waals surface area contributed by atoms with Gasteiger partial charge in [0.05, 0.1) is 5.44 Å². The third kappa shape index (κ3) is 2.36. The summed E-state index contributed by atoms with van der Waals surface area (Å²) in [5, 5.41) is 1.34. The Kier molecular flexibility index (Phi) is 3.39. The van der Waals surface area contributed by atoms with Crippen LogP contribution in [0, 0.1) is 35.5 Å². The van der Waals surface area contributed by atoms with Crippen molar-refractivity contribution >= 4 is 13.4 Å². The van der Waals surface area contributed by atoms with E-state index in [9.17, 15) is 0 Å². The molecule has 8 aliphatic rings. The lowest BCUT2D eigenvalue weighted by molar-refractivity contribution is 0.0194. The number of aromatic nitrogens is 1. The molecule has 144 valence electrons. The van der Waals surface area contributed by atoms with Crippen molar-refractivity contribution in [2.75, 3.05) is 0 Å². The van der Waals surface area contributed by atoms with Crippen LogP contribution in [0.4, 0.5) is 0 Å². The summed E-state index contributed by atoms with van der Waals surface area (Å²) >= 11 is 0. The molecule has 0 aliphatic heterocycles. The predicted octanol–water partition coefficient (Wildman–Crippen LogP) is 6.13. The molecule has 9 rings (SSSR count). The van der Waals surface area contributed by atoms with Crippen molar-refractivity contribution in [3.63, 3.8) is 0 Å². The molecule has 8 bridgehead atoms.